The first-order valence-electron chi connectivity index (χ1n) is 4.06. The molecule has 0 aliphatic carbocycles. The van der Waals surface area contributed by atoms with E-state index >= 15 is 0 Å². The fraction of sp³-hybridized carbons (Fsp3) is 0.333. The molecule has 0 aliphatic heterocycles. The molecular weight excluding hydrogens is 243 g/mol. The van der Waals surface area contributed by atoms with Gasteiger partial charge in [-0.1, -0.05) is 0 Å². The van der Waals surface area contributed by atoms with Gasteiger partial charge in [-0.25, -0.2) is 0 Å². The maximum absolute atomic E-state index is 9.16. The van der Waals surface area contributed by atoms with Crippen LogP contribution in [0.1, 0.15) is 18.9 Å². The van der Waals surface area contributed by atoms with E-state index in [1.54, 1.807) is 0 Å². The molecule has 0 saturated heterocycles. The molecule has 0 radical (unpaired) electrons. The van der Waals surface area contributed by atoms with Gasteiger partial charge in [0.1, 0.15) is 0 Å². The van der Waals surface area contributed by atoms with Gasteiger partial charge in [-0.05, 0) is 0 Å². The molecule has 0 unspecified atom stereocenters. The molecule has 0 aliphatic rings. The number of hydrogen-bond donors (Lipinski definition) is 1. The summed E-state index contributed by atoms with van der Waals surface area (Å²) in [5.41, 5.74) is 1.37. The molecule has 1 aromatic rings. The van der Waals surface area contributed by atoms with Gasteiger partial charge in [-0.3, -0.25) is 0 Å². The van der Waals surface area contributed by atoms with Crippen molar-refractivity contribution in [1.29, 1.82) is 0 Å². The first-order valence-corrected chi connectivity index (χ1v) is 7.88. The van der Waals surface area contributed by atoms with Crippen LogP contribution in [0.25, 0.3) is 0 Å². The van der Waals surface area contributed by atoms with Crippen molar-refractivity contribution in [3.8, 4) is 0 Å². The van der Waals surface area contributed by atoms with Crippen LogP contribution in [0, 0.1) is 0 Å². The minimum absolute atomic E-state index is 1.12. The Morgan fingerprint density at radius 3 is 2.73 bits per heavy atom. The van der Waals surface area contributed by atoms with E-state index in [2.05, 4.69) is 25.1 Å². The van der Waals surface area contributed by atoms with Gasteiger partial charge in [0, 0.05) is 0 Å². The molecule has 1 N–H and O–H groups in total. The van der Waals surface area contributed by atoms with E-state index in [9.17, 15) is 0 Å². The Bertz CT molecular complexity index is 223. The van der Waals surface area contributed by atoms with Gasteiger partial charge < -0.3 is 0 Å². The Morgan fingerprint density at radius 1 is 1.36 bits per heavy atom. The molecule has 0 heterocycles. The average molecular weight is 257 g/mol. The van der Waals surface area contributed by atoms with E-state index < -0.39 is 21.6 Å². The molecule has 1 rings (SSSR count). The number of hydrogen-bond acceptors (Lipinski definition) is 1. The molecule has 0 amide bonds. The zero-order valence-electron chi connectivity index (χ0n) is 6.88. The summed E-state index contributed by atoms with van der Waals surface area (Å²) in [5.74, 6) is 0. The molecule has 2 heteroatoms. The summed E-state index contributed by atoms with van der Waals surface area (Å²) in [6.07, 6.45) is 2.29. The number of benzene rings is 1. The third-order valence-corrected chi connectivity index (χ3v) is 4.75. The van der Waals surface area contributed by atoms with Crippen LogP contribution in [0.15, 0.2) is 24.3 Å². The van der Waals surface area contributed by atoms with E-state index in [4.69, 9.17) is 3.44 Å². The fourth-order valence-corrected chi connectivity index (χ4v) is 3.33. The van der Waals surface area contributed by atoms with Crippen molar-refractivity contribution in [1.82, 2.24) is 0 Å². The van der Waals surface area contributed by atoms with Gasteiger partial charge >= 0.3 is 78.2 Å². The van der Waals surface area contributed by atoms with Crippen LogP contribution >= 0.6 is 0 Å². The van der Waals surface area contributed by atoms with Crippen molar-refractivity contribution < 1.29 is 3.44 Å². The van der Waals surface area contributed by atoms with E-state index in [-0.39, 0.29) is 0 Å². The van der Waals surface area contributed by atoms with Crippen molar-refractivity contribution in [2.45, 2.75) is 19.8 Å². The van der Waals surface area contributed by atoms with Crippen LogP contribution in [0.3, 0.4) is 0 Å². The Kier molecular flexibility index (Phi) is 3.94. The first kappa shape index (κ1) is 9.07. The van der Waals surface area contributed by atoms with Crippen LogP contribution in [0.4, 0.5) is 0 Å². The second-order valence-electron chi connectivity index (χ2n) is 2.68. The van der Waals surface area contributed by atoms with E-state index in [0.717, 1.165) is 6.42 Å². The SMILES string of the molecule is CCCc1cccc[c]1[SnH2][OH]. The predicted molar refractivity (Wildman–Crippen MR) is 50.8 cm³/mol. The van der Waals surface area contributed by atoms with E-state index in [1.807, 2.05) is 6.07 Å². The van der Waals surface area contributed by atoms with Crippen LogP contribution in [0.5, 0.6) is 0 Å². The Balaban J connectivity index is 2.83. The minimum atomic E-state index is -1.53. The zero-order chi connectivity index (χ0) is 8.10. The number of rotatable bonds is 3. The molecule has 0 atom stereocenters. The van der Waals surface area contributed by atoms with Crippen molar-refractivity contribution in [2.24, 2.45) is 0 Å². The van der Waals surface area contributed by atoms with Crippen LogP contribution in [0.2, 0.25) is 0 Å². The number of aryl methyl sites for hydroxylation is 1. The maximum atomic E-state index is 9.16. The van der Waals surface area contributed by atoms with Crippen molar-refractivity contribution >= 4 is 25.1 Å². The third kappa shape index (κ3) is 2.49. The molecule has 0 saturated carbocycles. The molecule has 0 fully saturated rings. The molecule has 11 heavy (non-hydrogen) atoms. The van der Waals surface area contributed by atoms with Gasteiger partial charge in [0.2, 0.25) is 0 Å². The van der Waals surface area contributed by atoms with Crippen LogP contribution in [-0.2, 0) is 6.42 Å². The summed E-state index contributed by atoms with van der Waals surface area (Å²) in [6.45, 7) is 2.17. The molecule has 0 spiro atoms. The van der Waals surface area contributed by atoms with Gasteiger partial charge in [-0.2, -0.15) is 0 Å². The molecular formula is C9H14OSn. The van der Waals surface area contributed by atoms with Crippen molar-refractivity contribution in [3.63, 3.8) is 0 Å². The van der Waals surface area contributed by atoms with Crippen LogP contribution in [-0.4, -0.2) is 25.0 Å². The summed E-state index contributed by atoms with van der Waals surface area (Å²) >= 11 is -1.53. The van der Waals surface area contributed by atoms with Crippen molar-refractivity contribution in [3.05, 3.63) is 29.8 Å². The molecule has 0 bridgehead atoms. The summed E-state index contributed by atoms with van der Waals surface area (Å²) in [7, 11) is 0. The van der Waals surface area contributed by atoms with Gasteiger partial charge in [0.25, 0.3) is 0 Å². The Morgan fingerprint density at radius 2 is 2.09 bits per heavy atom. The topological polar surface area (TPSA) is 20.2 Å². The third-order valence-electron chi connectivity index (χ3n) is 1.81. The van der Waals surface area contributed by atoms with Gasteiger partial charge in [0.15, 0.2) is 0 Å². The van der Waals surface area contributed by atoms with Crippen molar-refractivity contribution in [2.75, 3.05) is 0 Å². The summed E-state index contributed by atoms with van der Waals surface area (Å²) in [5, 5.41) is 0. The Hall–Kier alpha value is -0.0213. The second-order valence-corrected chi connectivity index (χ2v) is 5.75. The predicted octanol–water partition coefficient (Wildman–Crippen LogP) is 0.340. The molecule has 0 aromatic heterocycles. The molecule has 60 valence electrons. The quantitative estimate of drug-likeness (QED) is 0.774. The van der Waals surface area contributed by atoms with E-state index in [0.29, 0.717) is 0 Å². The molecule has 1 aromatic carbocycles. The van der Waals surface area contributed by atoms with Gasteiger partial charge in [-0.15, -0.1) is 0 Å². The summed E-state index contributed by atoms with van der Waals surface area (Å²) in [6, 6.07) is 8.27. The second kappa shape index (κ2) is 4.78. The first-order chi connectivity index (χ1) is 5.38. The zero-order valence-corrected chi connectivity index (χ0v) is 10.9. The van der Waals surface area contributed by atoms with E-state index in [1.165, 1.54) is 15.6 Å². The Labute approximate surface area is 78.2 Å². The van der Waals surface area contributed by atoms with Gasteiger partial charge in [0.05, 0.1) is 0 Å². The fourth-order valence-electron chi connectivity index (χ4n) is 1.22. The normalized spacial score (nSPS) is 11.1. The summed E-state index contributed by atoms with van der Waals surface area (Å²) in [4.78, 5) is 0. The standard InChI is InChI=1S/C9H11.H2O.Sn.2H/c1-2-6-9-7-4-3-5-8-9;;;;/h3-5,7H,2,6H2,1H3;1H2;;;/q;;+1;;/p-1. The van der Waals surface area contributed by atoms with Crippen LogP contribution < -0.4 is 3.58 Å². The summed E-state index contributed by atoms with van der Waals surface area (Å²) < 4.78 is 10.4. The monoisotopic (exact) mass is 258 g/mol. The molecule has 1 nitrogen and oxygen atoms in total. The average Bonchev–Trinajstić information content (AvgIpc) is 2.06.